The standard InChI is InChI=1S/C13H26ClN/c1-12(2)13-7-10-15(11-13)9-6-4-3-5-8-14/h12-13H,3-11H2,1-2H3. The van der Waals surface area contributed by atoms with E-state index < -0.39 is 0 Å². The molecule has 0 saturated carbocycles. The van der Waals surface area contributed by atoms with E-state index in [-0.39, 0.29) is 0 Å². The highest BCUT2D eigenvalue weighted by Crippen LogP contribution is 2.23. The Hall–Kier alpha value is 0.250. The van der Waals surface area contributed by atoms with Crippen LogP contribution in [-0.2, 0) is 0 Å². The Morgan fingerprint density at radius 1 is 1.20 bits per heavy atom. The maximum absolute atomic E-state index is 5.65. The van der Waals surface area contributed by atoms with Crippen molar-refractivity contribution in [3.05, 3.63) is 0 Å². The molecule has 1 unspecified atom stereocenters. The molecule has 1 saturated heterocycles. The molecule has 1 rings (SSSR count). The highest BCUT2D eigenvalue weighted by atomic mass is 35.5. The van der Waals surface area contributed by atoms with Gasteiger partial charge in [0.25, 0.3) is 0 Å². The Kier molecular flexibility index (Phi) is 6.67. The first-order valence-corrected chi connectivity index (χ1v) is 7.05. The van der Waals surface area contributed by atoms with Crippen LogP contribution < -0.4 is 0 Å². The second kappa shape index (κ2) is 7.51. The number of rotatable bonds is 7. The van der Waals surface area contributed by atoms with Crippen molar-refractivity contribution in [1.29, 1.82) is 0 Å². The molecule has 1 aliphatic heterocycles. The summed E-state index contributed by atoms with van der Waals surface area (Å²) in [6, 6.07) is 0. The molecule has 0 aliphatic carbocycles. The van der Waals surface area contributed by atoms with Gasteiger partial charge in [0.15, 0.2) is 0 Å². The summed E-state index contributed by atoms with van der Waals surface area (Å²) in [7, 11) is 0. The molecule has 1 atom stereocenters. The summed E-state index contributed by atoms with van der Waals surface area (Å²) in [5.74, 6) is 2.65. The van der Waals surface area contributed by atoms with E-state index in [0.29, 0.717) is 0 Å². The summed E-state index contributed by atoms with van der Waals surface area (Å²) >= 11 is 5.65. The maximum Gasteiger partial charge on any atom is 0.0223 e. The van der Waals surface area contributed by atoms with Gasteiger partial charge in [-0.1, -0.05) is 26.7 Å². The van der Waals surface area contributed by atoms with Crippen LogP contribution in [0.5, 0.6) is 0 Å². The summed E-state index contributed by atoms with van der Waals surface area (Å²) in [5.41, 5.74) is 0. The van der Waals surface area contributed by atoms with Gasteiger partial charge in [0.05, 0.1) is 0 Å². The fourth-order valence-electron chi connectivity index (χ4n) is 2.39. The highest BCUT2D eigenvalue weighted by molar-refractivity contribution is 6.17. The van der Waals surface area contributed by atoms with E-state index in [0.717, 1.165) is 17.7 Å². The van der Waals surface area contributed by atoms with Crippen LogP contribution in [0.3, 0.4) is 0 Å². The summed E-state index contributed by atoms with van der Waals surface area (Å²) in [6.07, 6.45) is 6.64. The summed E-state index contributed by atoms with van der Waals surface area (Å²) < 4.78 is 0. The molecular formula is C13H26ClN. The minimum Gasteiger partial charge on any atom is -0.303 e. The van der Waals surface area contributed by atoms with Gasteiger partial charge in [-0.05, 0) is 44.2 Å². The van der Waals surface area contributed by atoms with E-state index in [9.17, 15) is 0 Å². The van der Waals surface area contributed by atoms with E-state index in [2.05, 4.69) is 18.7 Å². The van der Waals surface area contributed by atoms with Crippen LogP contribution in [0, 0.1) is 11.8 Å². The lowest BCUT2D eigenvalue weighted by atomic mass is 9.95. The molecule has 0 aromatic rings. The molecule has 1 heterocycles. The second-order valence-corrected chi connectivity index (χ2v) is 5.57. The van der Waals surface area contributed by atoms with Crippen LogP contribution in [0.15, 0.2) is 0 Å². The van der Waals surface area contributed by atoms with Gasteiger partial charge in [0.2, 0.25) is 0 Å². The van der Waals surface area contributed by atoms with Crippen LogP contribution in [0.25, 0.3) is 0 Å². The van der Waals surface area contributed by atoms with E-state index in [1.807, 2.05) is 0 Å². The fraction of sp³-hybridized carbons (Fsp3) is 1.00. The molecule has 1 fully saturated rings. The van der Waals surface area contributed by atoms with Crippen molar-refractivity contribution in [3.63, 3.8) is 0 Å². The Labute approximate surface area is 100 Å². The quantitative estimate of drug-likeness (QED) is 0.476. The maximum atomic E-state index is 5.65. The third-order valence-electron chi connectivity index (χ3n) is 3.61. The lowest BCUT2D eigenvalue weighted by molar-refractivity contribution is 0.296. The van der Waals surface area contributed by atoms with Gasteiger partial charge in [0, 0.05) is 12.4 Å². The van der Waals surface area contributed by atoms with Crippen LogP contribution >= 0.6 is 11.6 Å². The molecule has 2 heteroatoms. The third-order valence-corrected chi connectivity index (χ3v) is 3.88. The van der Waals surface area contributed by atoms with Gasteiger partial charge in [-0.25, -0.2) is 0 Å². The number of nitrogens with zero attached hydrogens (tertiary/aromatic N) is 1. The predicted octanol–water partition coefficient (Wildman–Crippen LogP) is 3.76. The Morgan fingerprint density at radius 2 is 1.93 bits per heavy atom. The third kappa shape index (κ3) is 5.21. The largest absolute Gasteiger partial charge is 0.303 e. The predicted molar refractivity (Wildman–Crippen MR) is 68.6 cm³/mol. The summed E-state index contributed by atoms with van der Waals surface area (Å²) in [4.78, 5) is 2.64. The Balaban J connectivity index is 1.99. The molecule has 0 amide bonds. The van der Waals surface area contributed by atoms with Crippen molar-refractivity contribution in [2.24, 2.45) is 11.8 Å². The molecule has 0 aromatic carbocycles. The zero-order chi connectivity index (χ0) is 11.1. The van der Waals surface area contributed by atoms with Gasteiger partial charge < -0.3 is 4.90 Å². The highest BCUT2D eigenvalue weighted by Gasteiger charge is 2.23. The minimum absolute atomic E-state index is 0.832. The van der Waals surface area contributed by atoms with Crippen LogP contribution in [0.1, 0.15) is 46.0 Å². The van der Waals surface area contributed by atoms with Crippen molar-refractivity contribution in [1.82, 2.24) is 4.90 Å². The molecule has 0 spiro atoms. The molecule has 0 aromatic heterocycles. The number of hydrogen-bond acceptors (Lipinski definition) is 1. The van der Waals surface area contributed by atoms with E-state index in [1.165, 1.54) is 51.7 Å². The SMILES string of the molecule is CC(C)C1CCN(CCCCCCCl)C1. The Morgan fingerprint density at radius 3 is 2.53 bits per heavy atom. The number of unbranched alkanes of at least 4 members (excludes halogenated alkanes) is 3. The van der Waals surface area contributed by atoms with Gasteiger partial charge in [-0.15, -0.1) is 11.6 Å². The minimum atomic E-state index is 0.832. The van der Waals surface area contributed by atoms with Crippen molar-refractivity contribution >= 4 is 11.6 Å². The number of likely N-dealkylation sites (tertiary alicyclic amines) is 1. The van der Waals surface area contributed by atoms with E-state index in [4.69, 9.17) is 11.6 Å². The average molecular weight is 232 g/mol. The summed E-state index contributed by atoms with van der Waals surface area (Å²) in [6.45, 7) is 8.69. The number of halogens is 1. The van der Waals surface area contributed by atoms with Crippen molar-refractivity contribution < 1.29 is 0 Å². The topological polar surface area (TPSA) is 3.24 Å². The molecule has 0 bridgehead atoms. The van der Waals surface area contributed by atoms with Crippen LogP contribution in [0.4, 0.5) is 0 Å². The molecule has 0 radical (unpaired) electrons. The van der Waals surface area contributed by atoms with Gasteiger partial charge >= 0.3 is 0 Å². The second-order valence-electron chi connectivity index (χ2n) is 5.20. The first-order chi connectivity index (χ1) is 7.24. The Bertz CT molecular complexity index is 159. The molecule has 15 heavy (non-hydrogen) atoms. The number of alkyl halides is 1. The normalized spacial score (nSPS) is 22.8. The zero-order valence-corrected chi connectivity index (χ0v) is 11.1. The molecule has 0 N–H and O–H groups in total. The lowest BCUT2D eigenvalue weighted by Gasteiger charge is -2.17. The zero-order valence-electron chi connectivity index (χ0n) is 10.3. The van der Waals surface area contributed by atoms with Crippen LogP contribution in [0.2, 0.25) is 0 Å². The first-order valence-electron chi connectivity index (χ1n) is 6.52. The molecular weight excluding hydrogens is 206 g/mol. The smallest absolute Gasteiger partial charge is 0.0223 e. The van der Waals surface area contributed by atoms with Gasteiger partial charge in [-0.3, -0.25) is 0 Å². The van der Waals surface area contributed by atoms with E-state index >= 15 is 0 Å². The molecule has 90 valence electrons. The van der Waals surface area contributed by atoms with Crippen molar-refractivity contribution in [3.8, 4) is 0 Å². The average Bonchev–Trinajstić information content (AvgIpc) is 2.66. The van der Waals surface area contributed by atoms with Gasteiger partial charge in [-0.2, -0.15) is 0 Å². The first kappa shape index (κ1) is 13.3. The molecule has 1 aliphatic rings. The van der Waals surface area contributed by atoms with Crippen molar-refractivity contribution in [2.45, 2.75) is 46.0 Å². The lowest BCUT2D eigenvalue weighted by Crippen LogP contribution is -2.23. The fourth-order valence-corrected chi connectivity index (χ4v) is 2.58. The van der Waals surface area contributed by atoms with Gasteiger partial charge in [0.1, 0.15) is 0 Å². The molecule has 1 nitrogen and oxygen atoms in total. The van der Waals surface area contributed by atoms with Crippen LogP contribution in [-0.4, -0.2) is 30.4 Å². The van der Waals surface area contributed by atoms with E-state index in [1.54, 1.807) is 0 Å². The van der Waals surface area contributed by atoms with Crippen molar-refractivity contribution in [2.75, 3.05) is 25.5 Å². The monoisotopic (exact) mass is 231 g/mol. The summed E-state index contributed by atoms with van der Waals surface area (Å²) in [5, 5.41) is 0. The number of hydrogen-bond donors (Lipinski definition) is 0.